The fourth-order valence-electron chi connectivity index (χ4n) is 1.47. The first-order valence-electron chi connectivity index (χ1n) is 5.72. The van der Waals surface area contributed by atoms with E-state index in [9.17, 15) is 14.4 Å². The van der Waals surface area contributed by atoms with Crippen LogP contribution in [0.1, 0.15) is 12.8 Å². The summed E-state index contributed by atoms with van der Waals surface area (Å²) in [5.74, 6) is -1.13. The zero-order chi connectivity index (χ0) is 14.4. The van der Waals surface area contributed by atoms with E-state index < -0.39 is 5.97 Å². The maximum absolute atomic E-state index is 11.7. The summed E-state index contributed by atoms with van der Waals surface area (Å²) >= 11 is 3.25. The number of carbonyl (C=O) groups excluding carboxylic acids is 1. The van der Waals surface area contributed by atoms with Gasteiger partial charge < -0.3 is 14.6 Å². The molecule has 1 aromatic heterocycles. The van der Waals surface area contributed by atoms with Gasteiger partial charge in [-0.05, 0) is 22.0 Å². The predicted molar refractivity (Wildman–Crippen MR) is 72.9 cm³/mol. The molecule has 0 fully saturated rings. The molecule has 1 heterocycles. The van der Waals surface area contributed by atoms with Crippen LogP contribution in [-0.2, 0) is 16.1 Å². The smallest absolute Gasteiger partial charge is 0.305 e. The van der Waals surface area contributed by atoms with Crippen molar-refractivity contribution in [2.45, 2.75) is 19.4 Å². The Balaban J connectivity index is 2.52. The molecule has 1 aromatic rings. The topological polar surface area (TPSA) is 79.6 Å². The van der Waals surface area contributed by atoms with Crippen LogP contribution in [-0.4, -0.2) is 40.0 Å². The van der Waals surface area contributed by atoms with Crippen LogP contribution in [0, 0.1) is 0 Å². The lowest BCUT2D eigenvalue weighted by Crippen LogP contribution is -2.30. The van der Waals surface area contributed by atoms with Crippen molar-refractivity contribution in [3.8, 4) is 0 Å². The molecular formula is C12H15BrN2O4. The lowest BCUT2D eigenvalue weighted by atomic mass is 10.3. The molecule has 7 heteroatoms. The summed E-state index contributed by atoms with van der Waals surface area (Å²) < 4.78 is 2.20. The fourth-order valence-corrected chi connectivity index (χ4v) is 1.85. The van der Waals surface area contributed by atoms with Gasteiger partial charge in [0.05, 0.1) is 6.42 Å². The molecule has 19 heavy (non-hydrogen) atoms. The molecule has 0 aromatic carbocycles. The van der Waals surface area contributed by atoms with Crippen molar-refractivity contribution in [2.75, 3.05) is 13.6 Å². The molecule has 0 radical (unpaired) electrons. The van der Waals surface area contributed by atoms with Crippen molar-refractivity contribution in [1.82, 2.24) is 9.47 Å². The molecule has 0 spiro atoms. The highest BCUT2D eigenvalue weighted by atomic mass is 79.9. The van der Waals surface area contributed by atoms with E-state index in [4.69, 9.17) is 5.11 Å². The van der Waals surface area contributed by atoms with E-state index in [-0.39, 0.29) is 37.4 Å². The highest BCUT2D eigenvalue weighted by Gasteiger charge is 2.10. The standard InChI is InChI=1S/C12H15BrN2O4/c1-14(6-5-12(18)19)10(16)4-7-15-8-9(13)2-3-11(15)17/h2-3,8H,4-7H2,1H3,(H,18,19). The van der Waals surface area contributed by atoms with Crippen molar-refractivity contribution < 1.29 is 14.7 Å². The number of carboxylic acid groups (broad SMARTS) is 1. The normalized spacial score (nSPS) is 10.2. The van der Waals surface area contributed by atoms with Gasteiger partial charge in [-0.25, -0.2) is 0 Å². The Kier molecular flexibility index (Phi) is 5.75. The fraction of sp³-hybridized carbons (Fsp3) is 0.417. The molecule has 104 valence electrons. The van der Waals surface area contributed by atoms with E-state index in [2.05, 4.69) is 15.9 Å². The van der Waals surface area contributed by atoms with Crippen molar-refractivity contribution >= 4 is 27.8 Å². The SMILES string of the molecule is CN(CCC(=O)O)C(=O)CCn1cc(Br)ccc1=O. The number of rotatable bonds is 6. The molecule has 0 saturated carbocycles. The van der Waals surface area contributed by atoms with Crippen molar-refractivity contribution in [3.05, 3.63) is 33.2 Å². The molecule has 1 rings (SSSR count). The summed E-state index contributed by atoms with van der Waals surface area (Å²) in [5, 5.41) is 8.53. The number of aliphatic carboxylic acids is 1. The molecule has 0 aliphatic heterocycles. The first-order valence-corrected chi connectivity index (χ1v) is 6.51. The van der Waals surface area contributed by atoms with Gasteiger partial charge in [0.1, 0.15) is 0 Å². The largest absolute Gasteiger partial charge is 0.481 e. The first-order chi connectivity index (χ1) is 8.90. The molecule has 6 nitrogen and oxygen atoms in total. The molecule has 0 aliphatic carbocycles. The third-order valence-electron chi connectivity index (χ3n) is 2.60. The number of hydrogen-bond acceptors (Lipinski definition) is 3. The number of halogens is 1. The molecule has 0 unspecified atom stereocenters. The molecular weight excluding hydrogens is 316 g/mol. The van der Waals surface area contributed by atoms with Gasteiger partial charge in [0, 0.05) is 43.3 Å². The number of aryl methyl sites for hydroxylation is 1. The van der Waals surface area contributed by atoms with Crippen LogP contribution in [0.25, 0.3) is 0 Å². The van der Waals surface area contributed by atoms with Gasteiger partial charge in [0.15, 0.2) is 0 Å². The van der Waals surface area contributed by atoms with Crippen LogP contribution in [0.4, 0.5) is 0 Å². The van der Waals surface area contributed by atoms with Gasteiger partial charge in [-0.1, -0.05) is 0 Å². The van der Waals surface area contributed by atoms with E-state index in [0.717, 1.165) is 4.47 Å². The summed E-state index contributed by atoms with van der Waals surface area (Å²) in [4.78, 5) is 35.0. The highest BCUT2D eigenvalue weighted by molar-refractivity contribution is 9.10. The average molecular weight is 331 g/mol. The Bertz CT molecular complexity index is 527. The van der Waals surface area contributed by atoms with Crippen molar-refractivity contribution in [1.29, 1.82) is 0 Å². The number of hydrogen-bond donors (Lipinski definition) is 1. The van der Waals surface area contributed by atoms with Crippen LogP contribution in [0.3, 0.4) is 0 Å². The first kappa shape index (κ1) is 15.4. The molecule has 0 atom stereocenters. The van der Waals surface area contributed by atoms with Crippen LogP contribution >= 0.6 is 15.9 Å². The minimum Gasteiger partial charge on any atom is -0.481 e. The summed E-state index contributed by atoms with van der Waals surface area (Å²) in [6, 6.07) is 3.06. The minimum absolute atomic E-state index is 0.0843. The number of carboxylic acids is 1. The van der Waals surface area contributed by atoms with Gasteiger partial charge in [-0.3, -0.25) is 14.4 Å². The van der Waals surface area contributed by atoms with E-state index in [0.29, 0.717) is 0 Å². The average Bonchev–Trinajstić information content (AvgIpc) is 2.36. The zero-order valence-corrected chi connectivity index (χ0v) is 12.1. The predicted octanol–water partition coefficient (Wildman–Crippen LogP) is 0.934. The number of carbonyl (C=O) groups is 2. The van der Waals surface area contributed by atoms with Gasteiger partial charge in [0.25, 0.3) is 5.56 Å². The van der Waals surface area contributed by atoms with E-state index in [1.54, 1.807) is 19.3 Å². The Labute approximate surface area is 118 Å². The van der Waals surface area contributed by atoms with E-state index in [1.165, 1.54) is 15.5 Å². The van der Waals surface area contributed by atoms with Crippen LogP contribution < -0.4 is 5.56 Å². The van der Waals surface area contributed by atoms with E-state index >= 15 is 0 Å². The Morgan fingerprint density at radius 1 is 1.37 bits per heavy atom. The second kappa shape index (κ2) is 7.08. The van der Waals surface area contributed by atoms with E-state index in [1.807, 2.05) is 0 Å². The van der Waals surface area contributed by atoms with Crippen molar-refractivity contribution in [2.24, 2.45) is 0 Å². The lowest BCUT2D eigenvalue weighted by Gasteiger charge is -2.16. The molecule has 0 aliphatic rings. The number of nitrogens with zero attached hydrogens (tertiary/aromatic N) is 2. The Morgan fingerprint density at radius 3 is 2.68 bits per heavy atom. The van der Waals surface area contributed by atoms with Crippen LogP contribution in [0.15, 0.2) is 27.6 Å². The second-order valence-electron chi connectivity index (χ2n) is 4.09. The maximum Gasteiger partial charge on any atom is 0.305 e. The monoisotopic (exact) mass is 330 g/mol. The minimum atomic E-state index is -0.942. The lowest BCUT2D eigenvalue weighted by molar-refractivity contribution is -0.138. The highest BCUT2D eigenvalue weighted by Crippen LogP contribution is 2.05. The van der Waals surface area contributed by atoms with Crippen LogP contribution in [0.5, 0.6) is 0 Å². The quantitative estimate of drug-likeness (QED) is 0.841. The number of amides is 1. The summed E-state index contributed by atoms with van der Waals surface area (Å²) in [5.41, 5.74) is -0.177. The van der Waals surface area contributed by atoms with Gasteiger partial charge >= 0.3 is 5.97 Å². The van der Waals surface area contributed by atoms with Gasteiger partial charge in [-0.2, -0.15) is 0 Å². The summed E-state index contributed by atoms with van der Waals surface area (Å²) in [6.45, 7) is 0.441. The molecule has 1 N–H and O–H groups in total. The van der Waals surface area contributed by atoms with Gasteiger partial charge in [-0.15, -0.1) is 0 Å². The third kappa shape index (κ3) is 5.25. The number of aromatic nitrogens is 1. The van der Waals surface area contributed by atoms with Crippen LogP contribution in [0.2, 0.25) is 0 Å². The van der Waals surface area contributed by atoms with Crippen molar-refractivity contribution in [3.63, 3.8) is 0 Å². The number of pyridine rings is 1. The summed E-state index contributed by atoms with van der Waals surface area (Å²) in [6.07, 6.45) is 1.69. The van der Waals surface area contributed by atoms with Gasteiger partial charge in [0.2, 0.25) is 5.91 Å². The third-order valence-corrected chi connectivity index (χ3v) is 3.07. The molecule has 0 bridgehead atoms. The molecule has 0 saturated heterocycles. The Morgan fingerprint density at radius 2 is 2.05 bits per heavy atom. The summed E-state index contributed by atoms with van der Waals surface area (Å²) in [7, 11) is 1.55. The zero-order valence-electron chi connectivity index (χ0n) is 10.5. The second-order valence-corrected chi connectivity index (χ2v) is 5.00. The molecule has 1 amide bonds. The Hall–Kier alpha value is -1.63. The maximum atomic E-state index is 11.7.